The molecular formula is C15H17F7O. The summed E-state index contributed by atoms with van der Waals surface area (Å²) in [5, 5.41) is 9.64. The first-order valence-corrected chi connectivity index (χ1v) is 6.70. The van der Waals surface area contributed by atoms with Crippen molar-refractivity contribution in [3.05, 3.63) is 35.4 Å². The maximum Gasteiger partial charge on any atom is 0.431 e. The van der Waals surface area contributed by atoms with E-state index in [1.54, 1.807) is 0 Å². The summed E-state index contributed by atoms with van der Waals surface area (Å²) in [4.78, 5) is 0. The van der Waals surface area contributed by atoms with Gasteiger partial charge in [-0.3, -0.25) is 0 Å². The van der Waals surface area contributed by atoms with E-state index in [0.717, 1.165) is 5.56 Å². The molecule has 1 aromatic rings. The monoisotopic (exact) mass is 346 g/mol. The molecule has 1 aromatic carbocycles. The first-order chi connectivity index (χ1) is 10.1. The van der Waals surface area contributed by atoms with Gasteiger partial charge in [-0.25, -0.2) is 4.39 Å². The second kappa shape index (κ2) is 5.96. The Morgan fingerprint density at radius 1 is 0.826 bits per heavy atom. The van der Waals surface area contributed by atoms with Crippen LogP contribution >= 0.6 is 0 Å². The van der Waals surface area contributed by atoms with E-state index in [1.807, 2.05) is 20.8 Å². The van der Waals surface area contributed by atoms with E-state index in [2.05, 4.69) is 0 Å². The van der Waals surface area contributed by atoms with Crippen LogP contribution in [0.4, 0.5) is 30.7 Å². The van der Waals surface area contributed by atoms with E-state index in [4.69, 9.17) is 0 Å². The van der Waals surface area contributed by atoms with Gasteiger partial charge in [0, 0.05) is 6.42 Å². The van der Waals surface area contributed by atoms with Crippen LogP contribution in [0.3, 0.4) is 0 Å². The molecule has 0 heterocycles. The molecule has 0 fully saturated rings. The fourth-order valence-electron chi connectivity index (χ4n) is 1.98. The molecule has 23 heavy (non-hydrogen) atoms. The van der Waals surface area contributed by atoms with Crippen LogP contribution in [0.15, 0.2) is 24.3 Å². The third-order valence-corrected chi connectivity index (χ3v) is 3.53. The molecule has 1 nitrogen and oxygen atoms in total. The Morgan fingerprint density at radius 2 is 1.22 bits per heavy atom. The number of hydrogen-bond donors (Lipinski definition) is 1. The van der Waals surface area contributed by atoms with E-state index < -0.39 is 30.5 Å². The molecule has 0 saturated carbocycles. The molecular weight excluding hydrogens is 329 g/mol. The maximum atomic E-state index is 13.6. The van der Waals surface area contributed by atoms with Gasteiger partial charge >= 0.3 is 18.0 Å². The van der Waals surface area contributed by atoms with Gasteiger partial charge in [0.25, 0.3) is 0 Å². The van der Waals surface area contributed by atoms with Crippen molar-refractivity contribution in [3.8, 4) is 0 Å². The zero-order valence-electron chi connectivity index (χ0n) is 12.7. The van der Waals surface area contributed by atoms with Crippen LogP contribution < -0.4 is 0 Å². The largest absolute Gasteiger partial charge is 0.431 e. The van der Waals surface area contributed by atoms with E-state index in [1.165, 1.54) is 24.3 Å². The normalized spacial score (nSPS) is 15.6. The highest BCUT2D eigenvalue weighted by Crippen LogP contribution is 2.50. The fourth-order valence-corrected chi connectivity index (χ4v) is 1.98. The minimum Gasteiger partial charge on any atom is -0.388 e. The van der Waals surface area contributed by atoms with Gasteiger partial charge in [-0.15, -0.1) is 0 Å². The lowest BCUT2D eigenvalue weighted by atomic mass is 9.85. The molecule has 0 saturated heterocycles. The third-order valence-electron chi connectivity index (χ3n) is 3.53. The van der Waals surface area contributed by atoms with E-state index in [9.17, 15) is 35.8 Å². The van der Waals surface area contributed by atoms with Crippen LogP contribution in [0.5, 0.6) is 0 Å². The predicted molar refractivity (Wildman–Crippen MR) is 70.7 cm³/mol. The zero-order valence-corrected chi connectivity index (χ0v) is 12.7. The van der Waals surface area contributed by atoms with Gasteiger partial charge in [0.1, 0.15) is 0 Å². The standard InChI is InChI=1S/C15H17F7O/c1-12(2,3)10-6-4-9(5-7-10)11(23)8-13(16,14(17,18)19)15(20,21)22/h4-7,11,23H,8H2,1-3H3. The Bertz CT molecular complexity index is 509. The van der Waals surface area contributed by atoms with Crippen LogP contribution in [-0.2, 0) is 5.41 Å². The lowest BCUT2D eigenvalue weighted by Crippen LogP contribution is -2.54. The highest BCUT2D eigenvalue weighted by Gasteiger charge is 2.72. The number of aliphatic hydroxyl groups is 1. The van der Waals surface area contributed by atoms with Crippen LogP contribution in [0.2, 0.25) is 0 Å². The number of aliphatic hydroxyl groups excluding tert-OH is 1. The van der Waals surface area contributed by atoms with Crippen molar-refractivity contribution in [1.29, 1.82) is 0 Å². The molecule has 8 heteroatoms. The lowest BCUT2D eigenvalue weighted by molar-refractivity contribution is -0.347. The van der Waals surface area contributed by atoms with Crippen LogP contribution in [-0.4, -0.2) is 23.1 Å². The first-order valence-electron chi connectivity index (χ1n) is 6.70. The average molecular weight is 346 g/mol. The molecule has 0 aliphatic heterocycles. The number of hydrogen-bond acceptors (Lipinski definition) is 1. The van der Waals surface area contributed by atoms with Gasteiger partial charge in [0.05, 0.1) is 6.10 Å². The Kier molecular flexibility index (Phi) is 5.11. The zero-order chi connectivity index (χ0) is 18.3. The highest BCUT2D eigenvalue weighted by atomic mass is 19.4. The lowest BCUT2D eigenvalue weighted by Gasteiger charge is -2.31. The number of rotatable bonds is 3. The van der Waals surface area contributed by atoms with Gasteiger partial charge in [0.15, 0.2) is 0 Å². The van der Waals surface area contributed by atoms with Gasteiger partial charge in [0.2, 0.25) is 0 Å². The van der Waals surface area contributed by atoms with Crippen molar-refractivity contribution in [1.82, 2.24) is 0 Å². The van der Waals surface area contributed by atoms with Crippen molar-refractivity contribution < 1.29 is 35.8 Å². The SMILES string of the molecule is CC(C)(C)c1ccc(C(O)CC(F)(C(F)(F)F)C(F)(F)F)cc1. The number of benzene rings is 1. The molecule has 1 atom stereocenters. The average Bonchev–Trinajstić information content (AvgIpc) is 2.35. The summed E-state index contributed by atoms with van der Waals surface area (Å²) < 4.78 is 88.5. The first kappa shape index (κ1) is 19.7. The third kappa shape index (κ3) is 4.16. The molecule has 0 aliphatic carbocycles. The Labute approximate surface area is 129 Å². The molecule has 0 aromatic heterocycles. The summed E-state index contributed by atoms with van der Waals surface area (Å²) in [6.45, 7) is 5.58. The number of halogens is 7. The van der Waals surface area contributed by atoms with Crippen molar-refractivity contribution in [2.75, 3.05) is 0 Å². The van der Waals surface area contributed by atoms with Crippen molar-refractivity contribution in [2.45, 2.75) is 56.7 Å². The summed E-state index contributed by atoms with van der Waals surface area (Å²) in [7, 11) is 0. The topological polar surface area (TPSA) is 20.2 Å². The number of alkyl halides is 7. The van der Waals surface area contributed by atoms with E-state index in [0.29, 0.717) is 0 Å². The summed E-state index contributed by atoms with van der Waals surface area (Å²) >= 11 is 0. The summed E-state index contributed by atoms with van der Waals surface area (Å²) in [6.07, 6.45) is -16.7. The Balaban J connectivity index is 3.08. The molecule has 132 valence electrons. The molecule has 1 unspecified atom stereocenters. The van der Waals surface area contributed by atoms with E-state index >= 15 is 0 Å². The van der Waals surface area contributed by atoms with E-state index in [-0.39, 0.29) is 11.0 Å². The van der Waals surface area contributed by atoms with Gasteiger partial charge in [-0.05, 0) is 16.5 Å². The van der Waals surface area contributed by atoms with Gasteiger partial charge < -0.3 is 5.11 Å². The second-order valence-electron chi connectivity index (χ2n) is 6.39. The van der Waals surface area contributed by atoms with Crippen LogP contribution in [0.1, 0.15) is 44.4 Å². The molecule has 1 N–H and O–H groups in total. The van der Waals surface area contributed by atoms with Crippen LogP contribution in [0, 0.1) is 0 Å². The molecule has 1 rings (SSSR count). The second-order valence-corrected chi connectivity index (χ2v) is 6.39. The predicted octanol–water partition coefficient (Wildman–Crippen LogP) is 5.24. The maximum absolute atomic E-state index is 13.6. The molecule has 0 spiro atoms. The fraction of sp³-hybridized carbons (Fsp3) is 0.600. The highest BCUT2D eigenvalue weighted by molar-refractivity contribution is 5.29. The van der Waals surface area contributed by atoms with Crippen molar-refractivity contribution in [3.63, 3.8) is 0 Å². The Morgan fingerprint density at radius 3 is 1.52 bits per heavy atom. The summed E-state index contributed by atoms with van der Waals surface area (Å²) in [6, 6.07) is 5.33. The van der Waals surface area contributed by atoms with Gasteiger partial charge in [-0.2, -0.15) is 26.3 Å². The Hall–Kier alpha value is -1.31. The summed E-state index contributed by atoms with van der Waals surface area (Å²) in [5.74, 6) is 0. The quantitative estimate of drug-likeness (QED) is 0.742. The molecule has 0 radical (unpaired) electrons. The summed E-state index contributed by atoms with van der Waals surface area (Å²) in [5.41, 5.74) is -5.20. The van der Waals surface area contributed by atoms with Crippen LogP contribution in [0.25, 0.3) is 0 Å². The van der Waals surface area contributed by atoms with Crippen molar-refractivity contribution >= 4 is 0 Å². The molecule has 0 bridgehead atoms. The smallest absolute Gasteiger partial charge is 0.388 e. The minimum atomic E-state index is -6.17. The molecule has 0 amide bonds. The van der Waals surface area contributed by atoms with Gasteiger partial charge in [-0.1, -0.05) is 45.0 Å². The minimum absolute atomic E-state index is 0.214. The molecule has 0 aliphatic rings. The van der Waals surface area contributed by atoms with Crippen molar-refractivity contribution in [2.24, 2.45) is 0 Å².